The van der Waals surface area contributed by atoms with Crippen molar-refractivity contribution in [2.45, 2.75) is 19.3 Å². The summed E-state index contributed by atoms with van der Waals surface area (Å²) in [4.78, 5) is 41.6. The lowest BCUT2D eigenvalue weighted by molar-refractivity contribution is -0.160. The fourth-order valence-corrected chi connectivity index (χ4v) is 3.24. The summed E-state index contributed by atoms with van der Waals surface area (Å²) in [7, 11) is 3.86. The van der Waals surface area contributed by atoms with Crippen LogP contribution in [0.15, 0.2) is 0 Å². The highest BCUT2D eigenvalue weighted by molar-refractivity contribution is 5.77. The maximum Gasteiger partial charge on any atom is 0.259 e. The molecule has 0 aromatic carbocycles. The Hall–Kier alpha value is -1.83. The molecule has 0 saturated carbocycles. The first-order chi connectivity index (χ1) is 14.1. The second kappa shape index (κ2) is 13.5. The Bertz CT molecular complexity index is 471. The number of hydrogen-bond acceptors (Lipinski definition) is 9. The zero-order chi connectivity index (χ0) is 22.7. The third kappa shape index (κ3) is 10.3. The number of carbonyl (C=O) groups excluding carboxylic acids is 3. The van der Waals surface area contributed by atoms with Crippen molar-refractivity contribution in [2.75, 3.05) is 80.0 Å². The van der Waals surface area contributed by atoms with Gasteiger partial charge in [-0.15, -0.1) is 0 Å². The Morgan fingerprint density at radius 2 is 0.767 bits per heavy atom. The van der Waals surface area contributed by atoms with Crippen LogP contribution in [-0.2, 0) is 14.4 Å². The van der Waals surface area contributed by atoms with Crippen LogP contribution in [0.3, 0.4) is 0 Å². The van der Waals surface area contributed by atoms with E-state index in [0.717, 1.165) is 19.3 Å². The number of hydroxylamine groups is 6. The van der Waals surface area contributed by atoms with E-state index in [1.54, 1.807) is 0 Å². The minimum Gasteiger partial charge on any atom is -0.294 e. The molecule has 0 aliphatic carbocycles. The van der Waals surface area contributed by atoms with Gasteiger partial charge in [-0.25, -0.2) is 15.2 Å². The fraction of sp³-hybridized carbons (Fsp3) is 0.833. The maximum absolute atomic E-state index is 11.9. The van der Waals surface area contributed by atoms with Gasteiger partial charge < -0.3 is 0 Å². The van der Waals surface area contributed by atoms with E-state index in [-0.39, 0.29) is 19.6 Å². The van der Waals surface area contributed by atoms with Crippen LogP contribution >= 0.6 is 0 Å². The Morgan fingerprint density at radius 3 is 0.933 bits per heavy atom. The molecular formula is C18H36N6O6. The van der Waals surface area contributed by atoms with E-state index >= 15 is 0 Å². The van der Waals surface area contributed by atoms with Gasteiger partial charge in [-0.1, -0.05) is 0 Å². The SMILES string of the molecule is CN(O)C(=O)CN1CCCN(CC(=O)N(C)O)CCCN(CC(=O)N(C)O)CCC1. The van der Waals surface area contributed by atoms with Crippen molar-refractivity contribution in [3.8, 4) is 0 Å². The van der Waals surface area contributed by atoms with Crippen LogP contribution in [0.5, 0.6) is 0 Å². The third-order valence-electron chi connectivity index (χ3n) is 5.01. The van der Waals surface area contributed by atoms with Crippen LogP contribution in [0, 0.1) is 0 Å². The zero-order valence-corrected chi connectivity index (χ0v) is 18.2. The van der Waals surface area contributed by atoms with Gasteiger partial charge in [0.2, 0.25) is 0 Å². The van der Waals surface area contributed by atoms with E-state index in [9.17, 15) is 30.0 Å². The van der Waals surface area contributed by atoms with Crippen LogP contribution in [0.1, 0.15) is 19.3 Å². The molecule has 3 amide bonds. The fourth-order valence-electron chi connectivity index (χ4n) is 3.24. The molecule has 12 heteroatoms. The van der Waals surface area contributed by atoms with E-state index in [0.29, 0.717) is 54.5 Å². The molecule has 1 aliphatic rings. The van der Waals surface area contributed by atoms with Crippen molar-refractivity contribution >= 4 is 17.7 Å². The van der Waals surface area contributed by atoms with Gasteiger partial charge in [0.15, 0.2) is 0 Å². The highest BCUT2D eigenvalue weighted by Gasteiger charge is 2.19. The van der Waals surface area contributed by atoms with Crippen molar-refractivity contribution < 1.29 is 30.0 Å². The molecule has 1 aliphatic heterocycles. The number of nitrogens with zero attached hydrogens (tertiary/aromatic N) is 6. The van der Waals surface area contributed by atoms with E-state index in [4.69, 9.17) is 0 Å². The smallest absolute Gasteiger partial charge is 0.259 e. The summed E-state index contributed by atoms with van der Waals surface area (Å²) in [5.41, 5.74) is 0. The molecule has 0 bridgehead atoms. The summed E-state index contributed by atoms with van der Waals surface area (Å²) in [6.07, 6.45) is 2.17. The third-order valence-corrected chi connectivity index (χ3v) is 5.01. The minimum atomic E-state index is -0.412. The van der Waals surface area contributed by atoms with E-state index < -0.39 is 17.7 Å². The van der Waals surface area contributed by atoms with Gasteiger partial charge in [-0.2, -0.15) is 0 Å². The highest BCUT2D eigenvalue weighted by Crippen LogP contribution is 2.05. The van der Waals surface area contributed by atoms with Gasteiger partial charge in [0, 0.05) is 21.1 Å². The Labute approximate surface area is 177 Å². The lowest BCUT2D eigenvalue weighted by Crippen LogP contribution is -2.44. The standard InChI is InChI=1S/C18H36N6O6/c1-19(28)16(25)13-22-7-4-9-23(14-17(26)20(2)29)11-6-12-24(10-5-8-22)15-18(27)21(3)30/h28-30H,4-15H2,1-3H3. The lowest BCUT2D eigenvalue weighted by atomic mass is 10.2. The molecule has 1 saturated heterocycles. The van der Waals surface area contributed by atoms with Crippen molar-refractivity contribution in [3.05, 3.63) is 0 Å². The van der Waals surface area contributed by atoms with Gasteiger partial charge in [-0.3, -0.25) is 44.7 Å². The molecule has 0 radical (unpaired) electrons. The first kappa shape index (κ1) is 26.2. The second-order valence-electron chi connectivity index (χ2n) is 7.64. The first-order valence-electron chi connectivity index (χ1n) is 10.1. The zero-order valence-electron chi connectivity index (χ0n) is 18.2. The number of likely N-dealkylation sites (N-methyl/N-ethyl adjacent to an activating group) is 3. The van der Waals surface area contributed by atoms with Gasteiger partial charge in [0.05, 0.1) is 19.6 Å². The maximum atomic E-state index is 11.9. The predicted octanol–water partition coefficient (Wildman–Crippen LogP) is -1.38. The second-order valence-corrected chi connectivity index (χ2v) is 7.64. The summed E-state index contributed by atoms with van der Waals surface area (Å²) < 4.78 is 0. The minimum absolute atomic E-state index is 0.0730. The topological polar surface area (TPSA) is 131 Å². The van der Waals surface area contributed by atoms with Crippen molar-refractivity contribution in [1.29, 1.82) is 0 Å². The Balaban J connectivity index is 2.82. The number of hydrogen-bond donors (Lipinski definition) is 3. The monoisotopic (exact) mass is 432 g/mol. The van der Waals surface area contributed by atoms with Gasteiger partial charge in [-0.05, 0) is 58.5 Å². The number of carbonyl (C=O) groups is 3. The molecule has 0 aromatic rings. The highest BCUT2D eigenvalue weighted by atomic mass is 16.5. The molecule has 30 heavy (non-hydrogen) atoms. The summed E-state index contributed by atoms with van der Waals surface area (Å²) >= 11 is 0. The molecule has 1 fully saturated rings. The molecule has 0 spiro atoms. The van der Waals surface area contributed by atoms with E-state index in [1.807, 2.05) is 14.7 Å². The quantitative estimate of drug-likeness (QED) is 0.343. The summed E-state index contributed by atoms with van der Waals surface area (Å²) in [6, 6.07) is 0. The molecule has 0 unspecified atom stereocenters. The molecule has 12 nitrogen and oxygen atoms in total. The van der Waals surface area contributed by atoms with Crippen LogP contribution in [0.25, 0.3) is 0 Å². The molecule has 174 valence electrons. The normalized spacial score (nSPS) is 18.2. The molecular weight excluding hydrogens is 396 g/mol. The van der Waals surface area contributed by atoms with Gasteiger partial charge in [0.25, 0.3) is 17.7 Å². The average molecular weight is 433 g/mol. The Morgan fingerprint density at radius 1 is 0.567 bits per heavy atom. The molecule has 3 N–H and O–H groups in total. The largest absolute Gasteiger partial charge is 0.294 e. The van der Waals surface area contributed by atoms with Crippen LogP contribution in [0.2, 0.25) is 0 Å². The number of amides is 3. The van der Waals surface area contributed by atoms with Gasteiger partial charge in [0.1, 0.15) is 0 Å². The molecule has 0 atom stereocenters. The van der Waals surface area contributed by atoms with Crippen LogP contribution in [-0.4, -0.2) is 143 Å². The molecule has 0 aromatic heterocycles. The summed E-state index contributed by atoms with van der Waals surface area (Å²) in [5.74, 6) is -1.24. The van der Waals surface area contributed by atoms with Crippen LogP contribution in [0.4, 0.5) is 0 Å². The summed E-state index contributed by atoms with van der Waals surface area (Å²) in [5, 5.41) is 29.8. The van der Waals surface area contributed by atoms with Gasteiger partial charge >= 0.3 is 0 Å². The van der Waals surface area contributed by atoms with Crippen molar-refractivity contribution in [3.63, 3.8) is 0 Å². The van der Waals surface area contributed by atoms with Crippen molar-refractivity contribution in [1.82, 2.24) is 29.9 Å². The number of rotatable bonds is 6. The average Bonchev–Trinajstić information content (AvgIpc) is 2.65. The van der Waals surface area contributed by atoms with Crippen molar-refractivity contribution in [2.24, 2.45) is 0 Å². The molecule has 1 heterocycles. The Kier molecular flexibility index (Phi) is 11.8. The van der Waals surface area contributed by atoms with E-state index in [2.05, 4.69) is 0 Å². The summed E-state index contributed by atoms with van der Waals surface area (Å²) in [6.45, 7) is 3.87. The first-order valence-corrected chi connectivity index (χ1v) is 10.1. The van der Waals surface area contributed by atoms with Crippen LogP contribution < -0.4 is 0 Å². The lowest BCUT2D eigenvalue weighted by Gasteiger charge is -2.30. The predicted molar refractivity (Wildman–Crippen MR) is 107 cm³/mol. The van der Waals surface area contributed by atoms with E-state index in [1.165, 1.54) is 21.1 Å². The molecule has 1 rings (SSSR count).